The van der Waals surface area contributed by atoms with Crippen molar-refractivity contribution >= 4 is 33.0 Å². The number of para-hydroxylation sites is 1. The summed E-state index contributed by atoms with van der Waals surface area (Å²) in [7, 11) is 1.59. The summed E-state index contributed by atoms with van der Waals surface area (Å²) < 4.78 is 9.42. The highest BCUT2D eigenvalue weighted by atomic mass is 32.1. The number of fused-ring (bicyclic) bond motifs is 3. The topological polar surface area (TPSA) is 77.6 Å². The Bertz CT molecular complexity index is 1240. The van der Waals surface area contributed by atoms with Crippen LogP contribution in [0.5, 0.6) is 5.75 Å². The van der Waals surface area contributed by atoms with Crippen LogP contribution in [-0.2, 0) is 11.3 Å². The van der Waals surface area contributed by atoms with E-state index in [0.717, 1.165) is 15.8 Å². The van der Waals surface area contributed by atoms with Crippen molar-refractivity contribution in [1.29, 1.82) is 0 Å². The molecule has 0 radical (unpaired) electrons. The first-order valence-electron chi connectivity index (χ1n) is 8.89. The lowest BCUT2D eigenvalue weighted by atomic mass is 10.2. The highest BCUT2D eigenvalue weighted by Gasteiger charge is 2.21. The van der Waals surface area contributed by atoms with Gasteiger partial charge in [-0.05, 0) is 37.4 Å². The maximum Gasteiger partial charge on any atom is 0.291 e. The highest BCUT2D eigenvalue weighted by molar-refractivity contribution is 7.17. The van der Waals surface area contributed by atoms with Gasteiger partial charge in [0.15, 0.2) is 0 Å². The standard InChI is InChI=1S/C20H20N4O3S/c1-12(19(25)21-11-14-6-4-5-7-17(14)27-3)24-20(26)16-10-18-15(8-9-28-18)23(16)13(2)22-24/h4-10,12H,11H2,1-3H3,(H,21,25). The van der Waals surface area contributed by atoms with E-state index in [4.69, 9.17) is 4.74 Å². The molecule has 4 rings (SSSR count). The molecule has 0 bridgehead atoms. The van der Waals surface area contributed by atoms with Gasteiger partial charge in [0.2, 0.25) is 5.91 Å². The van der Waals surface area contributed by atoms with Crippen molar-refractivity contribution in [3.8, 4) is 5.75 Å². The SMILES string of the molecule is COc1ccccc1CNC(=O)C(C)n1nc(C)n2c(cc3sccc32)c1=O. The Morgan fingerprint density at radius 1 is 1.29 bits per heavy atom. The van der Waals surface area contributed by atoms with E-state index in [0.29, 0.717) is 23.6 Å². The van der Waals surface area contributed by atoms with Gasteiger partial charge in [-0.25, -0.2) is 4.68 Å². The van der Waals surface area contributed by atoms with Gasteiger partial charge in [0, 0.05) is 12.1 Å². The molecular weight excluding hydrogens is 376 g/mol. The number of benzene rings is 1. The molecule has 1 N–H and O–H groups in total. The lowest BCUT2D eigenvalue weighted by Crippen LogP contribution is -2.38. The molecule has 0 aliphatic carbocycles. The normalized spacial score (nSPS) is 12.4. The van der Waals surface area contributed by atoms with E-state index in [-0.39, 0.29) is 11.5 Å². The molecule has 1 unspecified atom stereocenters. The van der Waals surface area contributed by atoms with Crippen LogP contribution in [0.15, 0.2) is 46.6 Å². The van der Waals surface area contributed by atoms with Gasteiger partial charge in [-0.15, -0.1) is 11.3 Å². The molecule has 0 saturated heterocycles. The number of hydrogen-bond donors (Lipinski definition) is 1. The Morgan fingerprint density at radius 2 is 2.07 bits per heavy atom. The number of hydrogen-bond acceptors (Lipinski definition) is 5. The monoisotopic (exact) mass is 396 g/mol. The van der Waals surface area contributed by atoms with E-state index in [1.54, 1.807) is 25.4 Å². The van der Waals surface area contributed by atoms with Crippen molar-refractivity contribution in [2.24, 2.45) is 0 Å². The second-order valence-corrected chi connectivity index (χ2v) is 7.49. The Kier molecular flexibility index (Phi) is 4.64. The zero-order valence-electron chi connectivity index (χ0n) is 15.8. The van der Waals surface area contributed by atoms with Crippen LogP contribution in [0.4, 0.5) is 0 Å². The zero-order chi connectivity index (χ0) is 19.8. The van der Waals surface area contributed by atoms with Crippen LogP contribution in [0.2, 0.25) is 0 Å². The van der Waals surface area contributed by atoms with Crippen LogP contribution in [0.1, 0.15) is 24.4 Å². The number of carbonyl (C=O) groups is 1. The quantitative estimate of drug-likeness (QED) is 0.563. The van der Waals surface area contributed by atoms with E-state index in [1.807, 2.05) is 53.1 Å². The van der Waals surface area contributed by atoms with Gasteiger partial charge in [0.25, 0.3) is 5.56 Å². The summed E-state index contributed by atoms with van der Waals surface area (Å²) in [5.74, 6) is 1.08. The third kappa shape index (κ3) is 2.95. The number of aryl methyl sites for hydroxylation is 1. The molecule has 3 aromatic heterocycles. The minimum atomic E-state index is -0.737. The summed E-state index contributed by atoms with van der Waals surface area (Å²) in [6.45, 7) is 3.82. The Morgan fingerprint density at radius 3 is 2.86 bits per heavy atom. The molecule has 7 nitrogen and oxygen atoms in total. The summed E-state index contributed by atoms with van der Waals surface area (Å²) in [6.07, 6.45) is 0. The largest absolute Gasteiger partial charge is 0.496 e. The van der Waals surface area contributed by atoms with Gasteiger partial charge in [-0.1, -0.05) is 18.2 Å². The van der Waals surface area contributed by atoms with Crippen molar-refractivity contribution in [1.82, 2.24) is 19.5 Å². The fraction of sp³-hybridized carbons (Fsp3) is 0.250. The van der Waals surface area contributed by atoms with Gasteiger partial charge in [-0.2, -0.15) is 5.10 Å². The number of nitrogens with zero attached hydrogens (tertiary/aromatic N) is 3. The fourth-order valence-corrected chi connectivity index (χ4v) is 4.15. The predicted octanol–water partition coefficient (Wildman–Crippen LogP) is 2.91. The maximum absolute atomic E-state index is 13.0. The molecule has 0 aliphatic rings. The second kappa shape index (κ2) is 7.12. The molecule has 4 aromatic rings. The number of ether oxygens (including phenoxy) is 1. The van der Waals surface area contributed by atoms with Gasteiger partial charge < -0.3 is 10.1 Å². The average Bonchev–Trinajstić information content (AvgIpc) is 3.30. The number of nitrogens with one attached hydrogen (secondary N) is 1. The smallest absolute Gasteiger partial charge is 0.291 e. The van der Waals surface area contributed by atoms with E-state index < -0.39 is 6.04 Å². The molecule has 0 saturated carbocycles. The zero-order valence-corrected chi connectivity index (χ0v) is 16.6. The van der Waals surface area contributed by atoms with Crippen LogP contribution >= 0.6 is 11.3 Å². The molecular formula is C20H20N4O3S. The van der Waals surface area contributed by atoms with E-state index >= 15 is 0 Å². The molecule has 8 heteroatoms. The van der Waals surface area contributed by atoms with Crippen LogP contribution < -0.4 is 15.6 Å². The molecule has 28 heavy (non-hydrogen) atoms. The Balaban J connectivity index is 1.63. The van der Waals surface area contributed by atoms with E-state index in [1.165, 1.54) is 4.68 Å². The molecule has 3 heterocycles. The van der Waals surface area contributed by atoms with Gasteiger partial charge in [0.05, 0.1) is 17.3 Å². The van der Waals surface area contributed by atoms with E-state index in [2.05, 4.69) is 10.4 Å². The fourth-order valence-electron chi connectivity index (χ4n) is 3.35. The summed E-state index contributed by atoms with van der Waals surface area (Å²) in [6, 6.07) is 10.6. The first kappa shape index (κ1) is 18.2. The van der Waals surface area contributed by atoms with Crippen LogP contribution in [0.25, 0.3) is 15.7 Å². The number of aromatic nitrogens is 3. The molecule has 0 fully saturated rings. The number of thiophene rings is 1. The Labute approximate surface area is 165 Å². The van der Waals surface area contributed by atoms with Crippen molar-refractivity contribution in [2.75, 3.05) is 7.11 Å². The molecule has 0 aliphatic heterocycles. The molecule has 0 spiro atoms. The summed E-state index contributed by atoms with van der Waals surface area (Å²) in [4.78, 5) is 25.6. The maximum atomic E-state index is 13.0. The molecule has 1 amide bonds. The second-order valence-electron chi connectivity index (χ2n) is 6.54. The van der Waals surface area contributed by atoms with Crippen molar-refractivity contribution < 1.29 is 9.53 Å². The third-order valence-electron chi connectivity index (χ3n) is 4.82. The lowest BCUT2D eigenvalue weighted by Gasteiger charge is -2.16. The van der Waals surface area contributed by atoms with Gasteiger partial charge >= 0.3 is 0 Å². The minimum absolute atomic E-state index is 0.280. The first-order chi connectivity index (χ1) is 13.5. The van der Waals surface area contributed by atoms with Crippen molar-refractivity contribution in [2.45, 2.75) is 26.4 Å². The molecule has 1 aromatic carbocycles. The van der Waals surface area contributed by atoms with Crippen molar-refractivity contribution in [3.05, 3.63) is 63.5 Å². The molecule has 1 atom stereocenters. The lowest BCUT2D eigenvalue weighted by molar-refractivity contribution is -0.124. The van der Waals surface area contributed by atoms with E-state index in [9.17, 15) is 9.59 Å². The highest BCUT2D eigenvalue weighted by Crippen LogP contribution is 2.24. The third-order valence-corrected chi connectivity index (χ3v) is 5.67. The molecule has 144 valence electrons. The summed E-state index contributed by atoms with van der Waals surface area (Å²) in [5, 5.41) is 9.25. The average molecular weight is 396 g/mol. The number of rotatable bonds is 5. The van der Waals surface area contributed by atoms with Crippen LogP contribution in [0.3, 0.4) is 0 Å². The predicted molar refractivity (Wildman–Crippen MR) is 109 cm³/mol. The van der Waals surface area contributed by atoms with Crippen LogP contribution in [0, 0.1) is 6.92 Å². The summed E-state index contributed by atoms with van der Waals surface area (Å²) in [5.41, 5.74) is 2.07. The van der Waals surface area contributed by atoms with Crippen LogP contribution in [-0.4, -0.2) is 27.2 Å². The Hall–Kier alpha value is -3.13. The van der Waals surface area contributed by atoms with Crippen molar-refractivity contribution in [3.63, 3.8) is 0 Å². The minimum Gasteiger partial charge on any atom is -0.496 e. The first-order valence-corrected chi connectivity index (χ1v) is 9.77. The number of amides is 1. The van der Waals surface area contributed by atoms with Gasteiger partial charge in [0.1, 0.15) is 23.1 Å². The number of carbonyl (C=O) groups excluding carboxylic acids is 1. The summed E-state index contributed by atoms with van der Waals surface area (Å²) >= 11 is 1.57. The number of methoxy groups -OCH3 is 1. The van der Waals surface area contributed by atoms with Gasteiger partial charge in [-0.3, -0.25) is 14.0 Å².